The van der Waals surface area contributed by atoms with Crippen LogP contribution >= 0.6 is 0 Å². The maximum Gasteiger partial charge on any atom is 0.348 e. The van der Waals surface area contributed by atoms with Gasteiger partial charge >= 0.3 is 5.63 Å². The highest BCUT2D eigenvalue weighted by Crippen LogP contribution is 2.33. The van der Waals surface area contributed by atoms with Crippen molar-refractivity contribution in [2.75, 3.05) is 0 Å². The minimum absolute atomic E-state index is 0.0275. The van der Waals surface area contributed by atoms with Gasteiger partial charge in [-0.15, -0.1) is 0 Å². The summed E-state index contributed by atoms with van der Waals surface area (Å²) in [5.74, 6) is 0.0275. The first-order chi connectivity index (χ1) is 11.2. The highest BCUT2D eigenvalue weighted by atomic mass is 16.4. The molecular formula is C18H10N2O3. The highest BCUT2D eigenvalue weighted by Gasteiger charge is 2.17. The SMILES string of the molecule is O=c1oc2ccccc2c2c(O)cn3c4ccccc4nc3c12. The summed E-state index contributed by atoms with van der Waals surface area (Å²) >= 11 is 0. The van der Waals surface area contributed by atoms with E-state index in [1.165, 1.54) is 0 Å². The van der Waals surface area contributed by atoms with E-state index in [1.54, 1.807) is 22.7 Å². The molecule has 0 atom stereocenters. The first-order valence-electron chi connectivity index (χ1n) is 7.18. The second-order valence-corrected chi connectivity index (χ2v) is 5.44. The quantitative estimate of drug-likeness (QED) is 0.351. The van der Waals surface area contributed by atoms with Crippen LogP contribution in [0.15, 0.2) is 63.9 Å². The molecule has 5 aromatic rings. The third-order valence-electron chi connectivity index (χ3n) is 4.14. The number of nitrogens with zero attached hydrogens (tertiary/aromatic N) is 2. The van der Waals surface area contributed by atoms with E-state index in [9.17, 15) is 9.90 Å². The molecule has 3 heterocycles. The van der Waals surface area contributed by atoms with Crippen LogP contribution in [0.1, 0.15) is 0 Å². The summed E-state index contributed by atoms with van der Waals surface area (Å²) in [7, 11) is 0. The Hall–Kier alpha value is -3.34. The van der Waals surface area contributed by atoms with Crippen LogP contribution in [0.25, 0.3) is 38.4 Å². The first kappa shape index (κ1) is 12.2. The Morgan fingerprint density at radius 1 is 1.00 bits per heavy atom. The second kappa shape index (κ2) is 4.10. The molecule has 5 nitrogen and oxygen atoms in total. The number of benzene rings is 2. The summed E-state index contributed by atoms with van der Waals surface area (Å²) in [6, 6.07) is 14.7. The molecule has 0 spiro atoms. The van der Waals surface area contributed by atoms with Crippen molar-refractivity contribution in [3.63, 3.8) is 0 Å². The number of para-hydroxylation sites is 3. The van der Waals surface area contributed by atoms with Gasteiger partial charge in [0.15, 0.2) is 5.65 Å². The molecule has 0 saturated carbocycles. The van der Waals surface area contributed by atoms with Gasteiger partial charge in [0, 0.05) is 10.8 Å². The summed E-state index contributed by atoms with van der Waals surface area (Å²) < 4.78 is 7.13. The van der Waals surface area contributed by atoms with E-state index >= 15 is 0 Å². The Balaban J connectivity index is 2.18. The van der Waals surface area contributed by atoms with Crippen molar-refractivity contribution in [3.8, 4) is 5.75 Å². The van der Waals surface area contributed by atoms with Gasteiger partial charge in [0.05, 0.1) is 17.2 Å². The molecule has 0 radical (unpaired) electrons. The van der Waals surface area contributed by atoms with E-state index in [0.29, 0.717) is 27.4 Å². The minimum Gasteiger partial charge on any atom is -0.506 e. The van der Waals surface area contributed by atoms with Crippen molar-refractivity contribution in [2.45, 2.75) is 0 Å². The lowest BCUT2D eigenvalue weighted by atomic mass is 10.1. The average Bonchev–Trinajstić information content (AvgIpc) is 2.93. The molecule has 0 aliphatic carbocycles. The van der Waals surface area contributed by atoms with Crippen LogP contribution < -0.4 is 5.63 Å². The monoisotopic (exact) mass is 302 g/mol. The van der Waals surface area contributed by atoms with Gasteiger partial charge in [0.2, 0.25) is 0 Å². The zero-order chi connectivity index (χ0) is 15.6. The summed E-state index contributed by atoms with van der Waals surface area (Å²) in [5, 5.41) is 12.0. The molecule has 5 heteroatoms. The van der Waals surface area contributed by atoms with Crippen LogP contribution in [0.4, 0.5) is 0 Å². The lowest BCUT2D eigenvalue weighted by Crippen LogP contribution is -2.03. The van der Waals surface area contributed by atoms with E-state index < -0.39 is 5.63 Å². The van der Waals surface area contributed by atoms with Crippen LogP contribution in [-0.2, 0) is 0 Å². The molecule has 23 heavy (non-hydrogen) atoms. The Morgan fingerprint density at radius 2 is 1.78 bits per heavy atom. The maximum absolute atomic E-state index is 12.5. The van der Waals surface area contributed by atoms with Crippen molar-refractivity contribution in [2.24, 2.45) is 0 Å². The number of aromatic hydroxyl groups is 1. The van der Waals surface area contributed by atoms with Crippen LogP contribution in [0.5, 0.6) is 5.75 Å². The van der Waals surface area contributed by atoms with Crippen LogP contribution in [-0.4, -0.2) is 14.5 Å². The molecule has 0 fully saturated rings. The van der Waals surface area contributed by atoms with Gasteiger partial charge in [-0.25, -0.2) is 9.78 Å². The fourth-order valence-corrected chi connectivity index (χ4v) is 3.16. The normalized spacial score (nSPS) is 11.8. The van der Waals surface area contributed by atoms with Gasteiger partial charge in [-0.1, -0.05) is 30.3 Å². The van der Waals surface area contributed by atoms with Crippen LogP contribution in [0.3, 0.4) is 0 Å². The minimum atomic E-state index is -0.505. The molecule has 3 aromatic heterocycles. The zero-order valence-electron chi connectivity index (χ0n) is 11.9. The standard InChI is InChI=1S/C18H10N2O3/c21-13-9-20-12-7-3-2-6-11(12)19-17(20)16-15(13)10-5-1-4-8-14(10)23-18(16)22/h1-9,21H. The fourth-order valence-electron chi connectivity index (χ4n) is 3.16. The topological polar surface area (TPSA) is 67.7 Å². The van der Waals surface area contributed by atoms with E-state index in [-0.39, 0.29) is 5.75 Å². The Morgan fingerprint density at radius 3 is 2.70 bits per heavy atom. The number of imidazole rings is 1. The van der Waals surface area contributed by atoms with Gasteiger partial charge < -0.3 is 9.52 Å². The van der Waals surface area contributed by atoms with Gasteiger partial charge in [0.25, 0.3) is 0 Å². The first-order valence-corrected chi connectivity index (χ1v) is 7.18. The number of fused-ring (bicyclic) bond motifs is 7. The van der Waals surface area contributed by atoms with E-state index in [1.807, 2.05) is 36.4 Å². The number of hydrogen-bond donors (Lipinski definition) is 1. The maximum atomic E-state index is 12.5. The Kier molecular flexibility index (Phi) is 2.18. The smallest absolute Gasteiger partial charge is 0.348 e. The number of pyridine rings is 1. The van der Waals surface area contributed by atoms with Gasteiger partial charge in [-0.2, -0.15) is 0 Å². The summed E-state index contributed by atoms with van der Waals surface area (Å²) in [5.41, 5.74) is 2.01. The third kappa shape index (κ3) is 1.51. The molecular weight excluding hydrogens is 292 g/mol. The fraction of sp³-hybridized carbons (Fsp3) is 0. The van der Waals surface area contributed by atoms with E-state index in [2.05, 4.69) is 4.98 Å². The van der Waals surface area contributed by atoms with Gasteiger partial charge in [-0.3, -0.25) is 4.40 Å². The molecule has 0 aliphatic rings. The van der Waals surface area contributed by atoms with E-state index in [0.717, 1.165) is 11.0 Å². The van der Waals surface area contributed by atoms with Crippen LogP contribution in [0.2, 0.25) is 0 Å². The molecule has 1 N–H and O–H groups in total. The van der Waals surface area contributed by atoms with Gasteiger partial charge in [-0.05, 0) is 18.2 Å². The Labute approximate surface area is 129 Å². The summed E-state index contributed by atoms with van der Waals surface area (Å²) in [6.07, 6.45) is 1.60. The number of aromatic nitrogens is 2. The largest absolute Gasteiger partial charge is 0.506 e. The molecule has 0 amide bonds. The molecule has 0 aliphatic heterocycles. The highest BCUT2D eigenvalue weighted by molar-refractivity contribution is 6.12. The van der Waals surface area contributed by atoms with Crippen molar-refractivity contribution in [3.05, 3.63) is 65.1 Å². The predicted molar refractivity (Wildman–Crippen MR) is 87.9 cm³/mol. The van der Waals surface area contributed by atoms with Crippen molar-refractivity contribution in [1.82, 2.24) is 9.38 Å². The lowest BCUT2D eigenvalue weighted by Gasteiger charge is -2.06. The Bertz CT molecular complexity index is 1300. The molecule has 110 valence electrons. The molecule has 5 rings (SSSR count). The molecule has 0 bridgehead atoms. The van der Waals surface area contributed by atoms with Crippen molar-refractivity contribution < 1.29 is 9.52 Å². The number of rotatable bonds is 0. The third-order valence-corrected chi connectivity index (χ3v) is 4.14. The van der Waals surface area contributed by atoms with Gasteiger partial charge in [0.1, 0.15) is 16.7 Å². The van der Waals surface area contributed by atoms with E-state index in [4.69, 9.17) is 4.42 Å². The molecule has 0 unspecified atom stereocenters. The summed E-state index contributed by atoms with van der Waals surface area (Å²) in [4.78, 5) is 17.0. The summed E-state index contributed by atoms with van der Waals surface area (Å²) in [6.45, 7) is 0. The average molecular weight is 302 g/mol. The van der Waals surface area contributed by atoms with Crippen molar-refractivity contribution in [1.29, 1.82) is 0 Å². The molecule has 0 saturated heterocycles. The lowest BCUT2D eigenvalue weighted by molar-refractivity contribution is 0.478. The van der Waals surface area contributed by atoms with Crippen LogP contribution in [0, 0.1) is 0 Å². The zero-order valence-corrected chi connectivity index (χ0v) is 11.9. The number of hydrogen-bond acceptors (Lipinski definition) is 4. The predicted octanol–water partition coefficient (Wildman–Crippen LogP) is 3.45. The molecule has 2 aromatic carbocycles. The second-order valence-electron chi connectivity index (χ2n) is 5.44. The van der Waals surface area contributed by atoms with Crippen molar-refractivity contribution >= 4 is 38.4 Å².